The third-order valence-corrected chi connectivity index (χ3v) is 6.81. The van der Waals surface area contributed by atoms with E-state index in [-0.39, 0.29) is 10.8 Å². The predicted octanol–water partition coefficient (Wildman–Crippen LogP) is 2.98. The Morgan fingerprint density at radius 2 is 1.82 bits per heavy atom. The molecule has 1 heterocycles. The number of morpholine rings is 1. The zero-order valence-electron chi connectivity index (χ0n) is 16.1. The van der Waals surface area contributed by atoms with Gasteiger partial charge in [-0.15, -0.1) is 0 Å². The molecular weight excluding hydrogens is 376 g/mol. The Morgan fingerprint density at radius 1 is 1.11 bits per heavy atom. The number of anilines is 1. The molecule has 0 saturated carbocycles. The van der Waals surface area contributed by atoms with E-state index in [1.807, 2.05) is 30.3 Å². The molecule has 7 heteroatoms. The molecule has 1 saturated heterocycles. The largest absolute Gasteiger partial charge is 0.379 e. The van der Waals surface area contributed by atoms with E-state index in [4.69, 9.17) is 4.74 Å². The van der Waals surface area contributed by atoms with Gasteiger partial charge >= 0.3 is 0 Å². The van der Waals surface area contributed by atoms with Gasteiger partial charge < -0.3 is 10.1 Å². The van der Waals surface area contributed by atoms with Crippen molar-refractivity contribution in [2.24, 2.45) is 0 Å². The van der Waals surface area contributed by atoms with E-state index in [2.05, 4.69) is 5.32 Å². The van der Waals surface area contributed by atoms with Gasteiger partial charge in [0.2, 0.25) is 15.9 Å². The Kier molecular flexibility index (Phi) is 6.83. The molecule has 150 valence electrons. The van der Waals surface area contributed by atoms with Crippen LogP contribution < -0.4 is 5.32 Å². The van der Waals surface area contributed by atoms with Crippen molar-refractivity contribution < 1.29 is 17.9 Å². The highest BCUT2D eigenvalue weighted by molar-refractivity contribution is 7.89. The Balaban J connectivity index is 1.63. The van der Waals surface area contributed by atoms with Crippen LogP contribution in [0.5, 0.6) is 0 Å². The molecule has 1 aliphatic heterocycles. The molecule has 0 aliphatic carbocycles. The van der Waals surface area contributed by atoms with Crippen LogP contribution in [0.1, 0.15) is 24.0 Å². The van der Waals surface area contributed by atoms with Crippen LogP contribution in [-0.4, -0.2) is 44.9 Å². The van der Waals surface area contributed by atoms with Gasteiger partial charge in [0.1, 0.15) is 0 Å². The van der Waals surface area contributed by atoms with Crippen molar-refractivity contribution in [1.29, 1.82) is 0 Å². The highest BCUT2D eigenvalue weighted by Gasteiger charge is 2.28. The second-order valence-corrected chi connectivity index (χ2v) is 8.79. The Hall–Kier alpha value is -2.22. The van der Waals surface area contributed by atoms with E-state index in [9.17, 15) is 13.2 Å². The van der Waals surface area contributed by atoms with Crippen molar-refractivity contribution in [3.63, 3.8) is 0 Å². The van der Waals surface area contributed by atoms with Crippen molar-refractivity contribution in [3.8, 4) is 0 Å². The van der Waals surface area contributed by atoms with Gasteiger partial charge in [-0.1, -0.05) is 36.4 Å². The number of sulfonamides is 1. The van der Waals surface area contributed by atoms with Gasteiger partial charge in [0, 0.05) is 25.2 Å². The van der Waals surface area contributed by atoms with Crippen LogP contribution in [-0.2, 0) is 26.0 Å². The Labute approximate surface area is 166 Å². The third-order valence-electron chi connectivity index (χ3n) is 4.77. The number of benzene rings is 2. The average molecular weight is 403 g/mol. The third kappa shape index (κ3) is 5.19. The van der Waals surface area contributed by atoms with Gasteiger partial charge in [-0.3, -0.25) is 4.79 Å². The number of ether oxygens (including phenoxy) is 1. The topological polar surface area (TPSA) is 75.7 Å². The SMILES string of the molecule is Cc1ccc(NC(=O)CCCc2ccccc2)cc1S(=O)(=O)N1CCOCC1. The first-order valence-corrected chi connectivity index (χ1v) is 10.9. The Bertz CT molecular complexity index is 907. The lowest BCUT2D eigenvalue weighted by atomic mass is 10.1. The summed E-state index contributed by atoms with van der Waals surface area (Å²) < 4.78 is 32.5. The minimum Gasteiger partial charge on any atom is -0.379 e. The van der Waals surface area contributed by atoms with Crippen molar-refractivity contribution in [3.05, 3.63) is 59.7 Å². The predicted molar refractivity (Wildman–Crippen MR) is 109 cm³/mol. The van der Waals surface area contributed by atoms with Crippen molar-refractivity contribution >= 4 is 21.6 Å². The van der Waals surface area contributed by atoms with Crippen LogP contribution >= 0.6 is 0 Å². The standard InChI is InChI=1S/C21H26N2O4S/c1-17-10-11-19(16-20(17)28(25,26)23-12-14-27-15-13-23)22-21(24)9-5-8-18-6-3-2-4-7-18/h2-4,6-7,10-11,16H,5,8-9,12-15H2,1H3,(H,22,24). The van der Waals surface area contributed by atoms with Gasteiger partial charge in [-0.25, -0.2) is 8.42 Å². The number of carbonyl (C=O) groups is 1. The molecule has 0 atom stereocenters. The molecular formula is C21H26N2O4S. The first kappa shape index (κ1) is 20.5. The number of hydrogen-bond donors (Lipinski definition) is 1. The summed E-state index contributed by atoms with van der Waals surface area (Å²) >= 11 is 0. The maximum atomic E-state index is 12.9. The average Bonchev–Trinajstić information content (AvgIpc) is 2.71. The first-order valence-electron chi connectivity index (χ1n) is 9.49. The maximum absolute atomic E-state index is 12.9. The highest BCUT2D eigenvalue weighted by Crippen LogP contribution is 2.24. The second-order valence-electron chi connectivity index (χ2n) is 6.88. The van der Waals surface area contributed by atoms with Crippen molar-refractivity contribution in [2.45, 2.75) is 31.1 Å². The Morgan fingerprint density at radius 3 is 2.54 bits per heavy atom. The fourth-order valence-electron chi connectivity index (χ4n) is 3.20. The van der Waals surface area contributed by atoms with Crippen LogP contribution in [0.4, 0.5) is 5.69 Å². The van der Waals surface area contributed by atoms with E-state index in [1.54, 1.807) is 25.1 Å². The zero-order chi connectivity index (χ0) is 20.0. The quantitative estimate of drug-likeness (QED) is 0.773. The van der Waals surface area contributed by atoms with Gasteiger partial charge in [-0.2, -0.15) is 4.31 Å². The minimum absolute atomic E-state index is 0.116. The molecule has 3 rings (SSSR count). The lowest BCUT2D eigenvalue weighted by molar-refractivity contribution is -0.116. The molecule has 28 heavy (non-hydrogen) atoms. The molecule has 2 aromatic carbocycles. The summed E-state index contributed by atoms with van der Waals surface area (Å²) in [4.78, 5) is 12.5. The number of amides is 1. The molecule has 0 radical (unpaired) electrons. The molecule has 0 unspecified atom stereocenters. The van der Waals surface area contributed by atoms with Crippen molar-refractivity contribution in [1.82, 2.24) is 4.31 Å². The minimum atomic E-state index is -3.60. The molecule has 1 amide bonds. The number of carbonyl (C=O) groups excluding carboxylic acids is 1. The van der Waals surface area contributed by atoms with Crippen LogP contribution in [0.15, 0.2) is 53.4 Å². The van der Waals surface area contributed by atoms with Gasteiger partial charge in [-0.05, 0) is 43.0 Å². The summed E-state index contributed by atoms with van der Waals surface area (Å²) in [6, 6.07) is 15.0. The summed E-state index contributed by atoms with van der Waals surface area (Å²) in [5.74, 6) is -0.116. The molecule has 1 fully saturated rings. The molecule has 2 aromatic rings. The van der Waals surface area contributed by atoms with Crippen LogP contribution in [0.2, 0.25) is 0 Å². The highest BCUT2D eigenvalue weighted by atomic mass is 32.2. The normalized spacial score (nSPS) is 15.3. The zero-order valence-corrected chi connectivity index (χ0v) is 16.9. The number of aryl methyl sites for hydroxylation is 2. The first-order chi connectivity index (χ1) is 13.5. The molecule has 1 N–H and O–H groups in total. The monoisotopic (exact) mass is 402 g/mol. The molecule has 0 spiro atoms. The van der Waals surface area contributed by atoms with Gasteiger partial charge in [0.05, 0.1) is 18.1 Å². The molecule has 6 nitrogen and oxygen atoms in total. The van der Waals surface area contributed by atoms with Crippen molar-refractivity contribution in [2.75, 3.05) is 31.6 Å². The van der Waals surface area contributed by atoms with E-state index in [1.165, 1.54) is 9.87 Å². The lowest BCUT2D eigenvalue weighted by Crippen LogP contribution is -2.40. The molecule has 0 aromatic heterocycles. The van der Waals surface area contributed by atoms with E-state index in [0.29, 0.717) is 44.0 Å². The number of rotatable bonds is 7. The van der Waals surface area contributed by atoms with Crippen LogP contribution in [0, 0.1) is 6.92 Å². The van der Waals surface area contributed by atoms with Crippen LogP contribution in [0.25, 0.3) is 0 Å². The summed E-state index contributed by atoms with van der Waals surface area (Å²) in [6.45, 7) is 3.25. The lowest BCUT2D eigenvalue weighted by Gasteiger charge is -2.26. The van der Waals surface area contributed by atoms with Gasteiger partial charge in [0.15, 0.2) is 0 Å². The van der Waals surface area contributed by atoms with Crippen LogP contribution in [0.3, 0.4) is 0 Å². The van der Waals surface area contributed by atoms with E-state index < -0.39 is 10.0 Å². The number of hydrogen-bond acceptors (Lipinski definition) is 4. The number of nitrogens with zero attached hydrogens (tertiary/aromatic N) is 1. The smallest absolute Gasteiger partial charge is 0.243 e. The summed E-state index contributed by atoms with van der Waals surface area (Å²) in [5.41, 5.74) is 2.36. The number of nitrogens with one attached hydrogen (secondary N) is 1. The fourth-order valence-corrected chi connectivity index (χ4v) is 4.86. The maximum Gasteiger partial charge on any atom is 0.243 e. The molecule has 1 aliphatic rings. The molecule has 0 bridgehead atoms. The summed E-state index contributed by atoms with van der Waals surface area (Å²) in [6.07, 6.45) is 1.95. The fraction of sp³-hybridized carbons (Fsp3) is 0.381. The summed E-state index contributed by atoms with van der Waals surface area (Å²) in [7, 11) is -3.60. The van der Waals surface area contributed by atoms with E-state index in [0.717, 1.165) is 12.8 Å². The van der Waals surface area contributed by atoms with Gasteiger partial charge in [0.25, 0.3) is 0 Å². The van der Waals surface area contributed by atoms with E-state index >= 15 is 0 Å². The second kappa shape index (κ2) is 9.32. The summed E-state index contributed by atoms with van der Waals surface area (Å²) in [5, 5.41) is 2.82.